The molecule has 0 aromatic heterocycles. The van der Waals surface area contributed by atoms with E-state index in [1.165, 1.54) is 5.57 Å². The third kappa shape index (κ3) is 1.29. The molecule has 0 bridgehead atoms. The summed E-state index contributed by atoms with van der Waals surface area (Å²) in [6, 6.07) is 0. The normalized spacial score (nSPS) is 25.1. The molecule has 1 aliphatic rings. The van der Waals surface area contributed by atoms with Crippen LogP contribution in [0.4, 0.5) is 0 Å². The van der Waals surface area contributed by atoms with Crippen molar-refractivity contribution in [2.24, 2.45) is 5.92 Å². The zero-order chi connectivity index (χ0) is 7.56. The monoisotopic (exact) mass is 138 g/mol. The molecule has 1 rings (SSSR count). The molecule has 0 spiro atoms. The molecule has 0 aromatic carbocycles. The van der Waals surface area contributed by atoms with Crippen molar-refractivity contribution in [3.63, 3.8) is 0 Å². The highest BCUT2D eigenvalue weighted by Gasteiger charge is 2.20. The van der Waals surface area contributed by atoms with Gasteiger partial charge in [0.2, 0.25) is 0 Å². The second kappa shape index (κ2) is 3.02. The summed E-state index contributed by atoms with van der Waals surface area (Å²) in [4.78, 5) is 0. The summed E-state index contributed by atoms with van der Waals surface area (Å²) in [5.74, 6) is 0.562. The number of hydrogen-bond donors (Lipinski definition) is 0. The Kier molecular flexibility index (Phi) is 2.28. The molecule has 1 atom stereocenters. The van der Waals surface area contributed by atoms with Crippen molar-refractivity contribution in [2.45, 2.75) is 20.0 Å². The zero-order valence-corrected chi connectivity index (χ0v) is 6.63. The molecule has 10 heavy (non-hydrogen) atoms. The van der Waals surface area contributed by atoms with Crippen LogP contribution in [0.1, 0.15) is 13.8 Å². The minimum atomic E-state index is 0.289. The molecule has 0 N–H and O–H groups in total. The standard InChI is InChI=1S/C9H14O/c1-4-8-5-6-10-9(8)7(2)3/h4-5,7,9H,1,6H2,2-3H3. The third-order valence-electron chi connectivity index (χ3n) is 1.76. The van der Waals surface area contributed by atoms with Crippen LogP contribution in [0.2, 0.25) is 0 Å². The maximum atomic E-state index is 5.45. The average Bonchev–Trinajstić information content (AvgIpc) is 2.33. The molecule has 0 saturated carbocycles. The highest BCUT2D eigenvalue weighted by Crippen LogP contribution is 2.21. The average molecular weight is 138 g/mol. The van der Waals surface area contributed by atoms with Crippen molar-refractivity contribution in [3.8, 4) is 0 Å². The quantitative estimate of drug-likeness (QED) is 0.568. The molecular formula is C9H14O. The van der Waals surface area contributed by atoms with Crippen LogP contribution in [0.5, 0.6) is 0 Å². The van der Waals surface area contributed by atoms with Crippen molar-refractivity contribution in [1.29, 1.82) is 0 Å². The molecule has 1 aliphatic heterocycles. The van der Waals surface area contributed by atoms with Crippen LogP contribution >= 0.6 is 0 Å². The fourth-order valence-corrected chi connectivity index (χ4v) is 1.24. The van der Waals surface area contributed by atoms with Crippen LogP contribution < -0.4 is 0 Å². The molecule has 0 aromatic rings. The first-order valence-corrected chi connectivity index (χ1v) is 3.69. The fraction of sp³-hybridized carbons (Fsp3) is 0.556. The third-order valence-corrected chi connectivity index (χ3v) is 1.76. The van der Waals surface area contributed by atoms with Gasteiger partial charge in [-0.25, -0.2) is 0 Å². The van der Waals surface area contributed by atoms with Gasteiger partial charge < -0.3 is 4.74 Å². The van der Waals surface area contributed by atoms with Gasteiger partial charge in [0.15, 0.2) is 0 Å². The van der Waals surface area contributed by atoms with Gasteiger partial charge >= 0.3 is 0 Å². The topological polar surface area (TPSA) is 9.23 Å². The van der Waals surface area contributed by atoms with E-state index in [0.29, 0.717) is 5.92 Å². The van der Waals surface area contributed by atoms with Crippen LogP contribution in [0.15, 0.2) is 24.3 Å². The summed E-state index contributed by atoms with van der Waals surface area (Å²) in [5, 5.41) is 0. The van der Waals surface area contributed by atoms with Crippen LogP contribution in [-0.2, 0) is 4.74 Å². The maximum Gasteiger partial charge on any atom is 0.0849 e. The molecule has 1 heteroatoms. The minimum Gasteiger partial charge on any atom is -0.369 e. The minimum absolute atomic E-state index is 0.289. The smallest absolute Gasteiger partial charge is 0.0849 e. The van der Waals surface area contributed by atoms with Gasteiger partial charge in [0.05, 0.1) is 12.7 Å². The Balaban J connectivity index is 2.62. The van der Waals surface area contributed by atoms with Gasteiger partial charge in [-0.05, 0) is 11.5 Å². The van der Waals surface area contributed by atoms with Crippen molar-refractivity contribution in [3.05, 3.63) is 24.3 Å². The summed E-state index contributed by atoms with van der Waals surface area (Å²) in [6.07, 6.45) is 4.27. The Morgan fingerprint density at radius 1 is 1.80 bits per heavy atom. The van der Waals surface area contributed by atoms with Crippen molar-refractivity contribution in [1.82, 2.24) is 0 Å². The van der Waals surface area contributed by atoms with E-state index in [4.69, 9.17) is 4.74 Å². The van der Waals surface area contributed by atoms with E-state index in [9.17, 15) is 0 Å². The lowest BCUT2D eigenvalue weighted by molar-refractivity contribution is 0.0890. The predicted octanol–water partition coefficient (Wildman–Crippen LogP) is 2.15. The lowest BCUT2D eigenvalue weighted by Gasteiger charge is -2.15. The fourth-order valence-electron chi connectivity index (χ4n) is 1.24. The molecule has 0 amide bonds. The lowest BCUT2D eigenvalue weighted by atomic mass is 10.0. The first kappa shape index (κ1) is 7.55. The molecule has 1 unspecified atom stereocenters. The van der Waals surface area contributed by atoms with Crippen molar-refractivity contribution < 1.29 is 4.74 Å². The summed E-state index contributed by atoms with van der Waals surface area (Å²) < 4.78 is 5.45. The van der Waals surface area contributed by atoms with E-state index in [2.05, 4.69) is 26.5 Å². The summed E-state index contributed by atoms with van der Waals surface area (Å²) in [7, 11) is 0. The molecule has 1 heterocycles. The largest absolute Gasteiger partial charge is 0.369 e. The molecule has 0 saturated heterocycles. The first-order valence-electron chi connectivity index (χ1n) is 3.69. The second-order valence-corrected chi connectivity index (χ2v) is 2.91. The Labute approximate surface area is 62.4 Å². The Morgan fingerprint density at radius 3 is 2.90 bits per heavy atom. The number of hydrogen-bond acceptors (Lipinski definition) is 1. The maximum absolute atomic E-state index is 5.45. The van der Waals surface area contributed by atoms with Crippen molar-refractivity contribution in [2.75, 3.05) is 6.61 Å². The van der Waals surface area contributed by atoms with E-state index in [-0.39, 0.29) is 6.10 Å². The van der Waals surface area contributed by atoms with Gasteiger partial charge in [0.25, 0.3) is 0 Å². The number of ether oxygens (including phenoxy) is 1. The van der Waals surface area contributed by atoms with Gasteiger partial charge in [0, 0.05) is 0 Å². The molecule has 56 valence electrons. The Bertz CT molecular complexity index is 156. The van der Waals surface area contributed by atoms with Gasteiger partial charge in [0.1, 0.15) is 0 Å². The van der Waals surface area contributed by atoms with Gasteiger partial charge in [-0.2, -0.15) is 0 Å². The van der Waals surface area contributed by atoms with E-state index in [1.807, 2.05) is 6.08 Å². The molecular weight excluding hydrogens is 124 g/mol. The van der Waals surface area contributed by atoms with Crippen LogP contribution in [0.3, 0.4) is 0 Å². The van der Waals surface area contributed by atoms with Gasteiger partial charge in [-0.1, -0.05) is 32.6 Å². The summed E-state index contributed by atoms with van der Waals surface area (Å²) in [6.45, 7) is 8.80. The van der Waals surface area contributed by atoms with E-state index in [1.54, 1.807) is 0 Å². The van der Waals surface area contributed by atoms with Crippen LogP contribution in [0.25, 0.3) is 0 Å². The summed E-state index contributed by atoms with van der Waals surface area (Å²) in [5.41, 5.74) is 1.25. The second-order valence-electron chi connectivity index (χ2n) is 2.91. The summed E-state index contributed by atoms with van der Waals surface area (Å²) >= 11 is 0. The highest BCUT2D eigenvalue weighted by molar-refractivity contribution is 5.24. The molecule has 1 nitrogen and oxygen atoms in total. The van der Waals surface area contributed by atoms with Crippen LogP contribution in [-0.4, -0.2) is 12.7 Å². The van der Waals surface area contributed by atoms with E-state index >= 15 is 0 Å². The predicted molar refractivity (Wildman–Crippen MR) is 42.9 cm³/mol. The van der Waals surface area contributed by atoms with Crippen molar-refractivity contribution >= 4 is 0 Å². The Morgan fingerprint density at radius 2 is 2.50 bits per heavy atom. The zero-order valence-electron chi connectivity index (χ0n) is 6.63. The number of rotatable bonds is 2. The lowest BCUT2D eigenvalue weighted by Crippen LogP contribution is -2.16. The van der Waals surface area contributed by atoms with Crippen LogP contribution in [0, 0.1) is 5.92 Å². The van der Waals surface area contributed by atoms with E-state index < -0.39 is 0 Å². The highest BCUT2D eigenvalue weighted by atomic mass is 16.5. The van der Waals surface area contributed by atoms with Gasteiger partial charge in [-0.3, -0.25) is 0 Å². The molecule has 0 fully saturated rings. The molecule has 0 aliphatic carbocycles. The Hall–Kier alpha value is -0.560. The van der Waals surface area contributed by atoms with Gasteiger partial charge in [-0.15, -0.1) is 0 Å². The molecule has 0 radical (unpaired) electrons. The SMILES string of the molecule is C=CC1=CCOC1C(C)C. The van der Waals surface area contributed by atoms with E-state index in [0.717, 1.165) is 6.61 Å². The first-order chi connectivity index (χ1) is 4.75.